The van der Waals surface area contributed by atoms with Crippen LogP contribution in [0.15, 0.2) is 24.3 Å². The maximum Gasteiger partial charge on any atom is 0.306 e. The zero-order chi connectivity index (χ0) is 43.1. The van der Waals surface area contributed by atoms with Crippen LogP contribution in [-0.4, -0.2) is 142 Å². The van der Waals surface area contributed by atoms with Gasteiger partial charge in [-0.3, -0.25) is 4.79 Å². The minimum absolute atomic E-state index is 0.0596. The molecule has 0 bridgehead atoms. The molecule has 2 heterocycles. The molecule has 0 amide bonds. The summed E-state index contributed by atoms with van der Waals surface area (Å²) in [4.78, 5) is 12.8. The van der Waals surface area contributed by atoms with Gasteiger partial charge in [0.2, 0.25) is 0 Å². The van der Waals surface area contributed by atoms with E-state index in [0.717, 1.165) is 51.4 Å². The van der Waals surface area contributed by atoms with Gasteiger partial charge in [0.15, 0.2) is 12.6 Å². The molecule has 0 aliphatic carbocycles. The second-order valence-electron chi connectivity index (χ2n) is 16.2. The average Bonchev–Trinajstić information content (AvgIpc) is 3.23. The van der Waals surface area contributed by atoms with E-state index < -0.39 is 80.7 Å². The van der Waals surface area contributed by atoms with Crippen molar-refractivity contribution in [3.8, 4) is 0 Å². The van der Waals surface area contributed by atoms with Gasteiger partial charge in [-0.2, -0.15) is 0 Å². The predicted octanol–water partition coefficient (Wildman–Crippen LogP) is 5.29. The maximum atomic E-state index is 12.8. The van der Waals surface area contributed by atoms with Crippen molar-refractivity contribution in [3.63, 3.8) is 0 Å². The van der Waals surface area contributed by atoms with Crippen molar-refractivity contribution in [2.75, 3.05) is 33.0 Å². The first-order chi connectivity index (χ1) is 28.6. The van der Waals surface area contributed by atoms with Crippen molar-refractivity contribution in [1.29, 1.82) is 0 Å². The first-order valence-corrected chi connectivity index (χ1v) is 22.9. The fraction of sp³-hybridized carbons (Fsp3) is 0.889. The molecule has 2 aliphatic rings. The number of hydrogen-bond acceptors (Lipinski definition) is 14. The summed E-state index contributed by atoms with van der Waals surface area (Å²) in [6.45, 7) is 3.59. The third kappa shape index (κ3) is 22.9. The minimum Gasteiger partial charge on any atom is -0.457 e. The summed E-state index contributed by atoms with van der Waals surface area (Å²) in [6, 6.07) is 0. The van der Waals surface area contributed by atoms with E-state index in [0.29, 0.717) is 13.0 Å². The van der Waals surface area contributed by atoms with E-state index in [1.165, 1.54) is 77.0 Å². The molecule has 0 aromatic carbocycles. The number of rotatable bonds is 35. The van der Waals surface area contributed by atoms with Gasteiger partial charge in [-0.25, -0.2) is 0 Å². The van der Waals surface area contributed by atoms with Crippen molar-refractivity contribution in [1.82, 2.24) is 0 Å². The number of ether oxygens (including phenoxy) is 6. The number of unbranched alkanes of at least 4 members (excludes halogenated alkanes) is 17. The molecule has 0 spiro atoms. The number of carbonyl (C=O) groups excluding carboxylic acids is 1. The van der Waals surface area contributed by atoms with Crippen LogP contribution >= 0.6 is 0 Å². The van der Waals surface area contributed by atoms with E-state index in [-0.39, 0.29) is 25.6 Å². The standard InChI is InChI=1S/C45H82O14/c1-3-5-7-9-11-12-13-14-15-16-17-18-19-20-21-23-25-27-29-54-31-34(57-37(47)28-26-24-22-10-8-6-4-2)32-55-44-43(53)41(51)39(49)36(59-44)33-56-45-42(52)40(50)38(48)35(30-46)58-45/h11-12,14-15,34-36,38-46,48-53H,3-10,13,16-33H2,1-2H3/b12-11-,15-14-. The monoisotopic (exact) mass is 847 g/mol. The van der Waals surface area contributed by atoms with Gasteiger partial charge in [0.1, 0.15) is 54.9 Å². The number of aliphatic hydroxyl groups excluding tert-OH is 7. The second kappa shape index (κ2) is 34.0. The van der Waals surface area contributed by atoms with Crippen LogP contribution in [0.4, 0.5) is 0 Å². The highest BCUT2D eigenvalue weighted by Crippen LogP contribution is 2.26. The molecule has 346 valence electrons. The molecule has 11 unspecified atom stereocenters. The smallest absolute Gasteiger partial charge is 0.306 e. The Hall–Kier alpha value is -1.53. The number of carbonyl (C=O) groups is 1. The number of hydrogen-bond donors (Lipinski definition) is 7. The zero-order valence-electron chi connectivity index (χ0n) is 36.2. The molecule has 2 fully saturated rings. The minimum atomic E-state index is -1.70. The Morgan fingerprint density at radius 1 is 0.559 bits per heavy atom. The van der Waals surface area contributed by atoms with Gasteiger partial charge < -0.3 is 64.2 Å². The Bertz CT molecular complexity index is 1080. The molecule has 2 rings (SSSR count). The molecular weight excluding hydrogens is 764 g/mol. The topological polar surface area (TPSA) is 214 Å². The van der Waals surface area contributed by atoms with Crippen LogP contribution in [0.1, 0.15) is 155 Å². The highest BCUT2D eigenvalue weighted by atomic mass is 16.7. The molecule has 7 N–H and O–H groups in total. The van der Waals surface area contributed by atoms with Crippen LogP contribution in [0, 0.1) is 0 Å². The summed E-state index contributed by atoms with van der Waals surface area (Å²) < 4.78 is 34.0. The van der Waals surface area contributed by atoms with Crippen LogP contribution < -0.4 is 0 Å². The van der Waals surface area contributed by atoms with Crippen molar-refractivity contribution in [3.05, 3.63) is 24.3 Å². The van der Waals surface area contributed by atoms with Crippen LogP contribution in [-0.2, 0) is 33.2 Å². The van der Waals surface area contributed by atoms with Crippen molar-refractivity contribution < 1.29 is 69.0 Å². The molecule has 11 atom stereocenters. The number of allylic oxidation sites excluding steroid dienone is 4. The summed E-state index contributed by atoms with van der Waals surface area (Å²) in [5.74, 6) is -0.386. The zero-order valence-corrected chi connectivity index (χ0v) is 36.2. The Balaban J connectivity index is 1.76. The molecule has 14 nitrogen and oxygen atoms in total. The van der Waals surface area contributed by atoms with Crippen LogP contribution in [0.3, 0.4) is 0 Å². The molecule has 14 heteroatoms. The quantitative estimate of drug-likeness (QED) is 0.0246. The van der Waals surface area contributed by atoms with Crippen LogP contribution in [0.25, 0.3) is 0 Å². The van der Waals surface area contributed by atoms with E-state index in [4.69, 9.17) is 28.4 Å². The van der Waals surface area contributed by atoms with Crippen LogP contribution in [0.2, 0.25) is 0 Å². The number of esters is 1. The van der Waals surface area contributed by atoms with E-state index in [1.807, 2.05) is 0 Å². The molecule has 2 aliphatic heterocycles. The third-order valence-electron chi connectivity index (χ3n) is 11.0. The lowest BCUT2D eigenvalue weighted by atomic mass is 9.98. The van der Waals surface area contributed by atoms with Gasteiger partial charge in [-0.1, -0.05) is 128 Å². The summed E-state index contributed by atoms with van der Waals surface area (Å²) in [5, 5.41) is 71.8. The Labute approximate surface area is 354 Å². The molecule has 2 saturated heterocycles. The Morgan fingerprint density at radius 2 is 1.05 bits per heavy atom. The van der Waals surface area contributed by atoms with E-state index in [2.05, 4.69) is 38.2 Å². The van der Waals surface area contributed by atoms with Crippen molar-refractivity contribution in [2.24, 2.45) is 0 Å². The molecule has 0 aromatic heterocycles. The highest BCUT2D eigenvalue weighted by Gasteiger charge is 2.47. The van der Waals surface area contributed by atoms with Gasteiger partial charge in [0, 0.05) is 13.0 Å². The lowest BCUT2D eigenvalue weighted by molar-refractivity contribution is -0.332. The van der Waals surface area contributed by atoms with E-state index in [9.17, 15) is 40.5 Å². The second-order valence-corrected chi connectivity index (χ2v) is 16.2. The molecule has 0 aromatic rings. The number of aliphatic hydroxyl groups is 7. The Morgan fingerprint density at radius 3 is 1.66 bits per heavy atom. The first-order valence-electron chi connectivity index (χ1n) is 22.9. The van der Waals surface area contributed by atoms with Crippen molar-refractivity contribution in [2.45, 2.75) is 223 Å². The van der Waals surface area contributed by atoms with Crippen molar-refractivity contribution >= 4 is 5.97 Å². The summed E-state index contributed by atoms with van der Waals surface area (Å²) in [7, 11) is 0. The van der Waals surface area contributed by atoms with Gasteiger partial charge in [-0.05, 0) is 44.9 Å². The molecule has 0 radical (unpaired) electrons. The lowest BCUT2D eigenvalue weighted by Gasteiger charge is -2.42. The third-order valence-corrected chi connectivity index (χ3v) is 11.0. The van der Waals surface area contributed by atoms with Gasteiger partial charge in [0.25, 0.3) is 0 Å². The molecular formula is C45H82O14. The van der Waals surface area contributed by atoms with E-state index >= 15 is 0 Å². The average molecular weight is 847 g/mol. The Kier molecular flexibility index (Phi) is 30.9. The maximum absolute atomic E-state index is 12.8. The fourth-order valence-corrected chi connectivity index (χ4v) is 7.14. The summed E-state index contributed by atoms with van der Waals surface area (Å²) in [6.07, 6.45) is 17.0. The van der Waals surface area contributed by atoms with Gasteiger partial charge in [-0.15, -0.1) is 0 Å². The predicted molar refractivity (Wildman–Crippen MR) is 224 cm³/mol. The van der Waals surface area contributed by atoms with Crippen LogP contribution in [0.5, 0.6) is 0 Å². The first kappa shape index (κ1) is 53.6. The van der Waals surface area contributed by atoms with E-state index in [1.54, 1.807) is 0 Å². The highest BCUT2D eigenvalue weighted by molar-refractivity contribution is 5.69. The molecule has 59 heavy (non-hydrogen) atoms. The lowest BCUT2D eigenvalue weighted by Crippen LogP contribution is -2.61. The normalized spacial score (nSPS) is 28.2. The fourth-order valence-electron chi connectivity index (χ4n) is 7.14. The largest absolute Gasteiger partial charge is 0.457 e. The summed E-state index contributed by atoms with van der Waals surface area (Å²) in [5.41, 5.74) is 0. The SMILES string of the molecule is CCCCC/C=C\C/C=C\CCCCCCCCCCOCC(COC1OC(COC2OC(CO)C(O)C(O)C2O)C(O)C(O)C1O)OC(=O)CCCCCCCCC. The van der Waals surface area contributed by atoms with Gasteiger partial charge >= 0.3 is 5.97 Å². The van der Waals surface area contributed by atoms with Gasteiger partial charge in [0.05, 0.1) is 26.4 Å². The summed E-state index contributed by atoms with van der Waals surface area (Å²) >= 11 is 0. The molecule has 0 saturated carbocycles.